The molecule has 0 aromatic heterocycles. The van der Waals surface area contributed by atoms with Crippen molar-refractivity contribution in [3.05, 3.63) is 0 Å². The van der Waals surface area contributed by atoms with Crippen LogP contribution in [0.25, 0.3) is 0 Å². The number of carbonyl (C=O) groups excluding carboxylic acids is 1. The fourth-order valence-electron chi connectivity index (χ4n) is 0.419. The van der Waals surface area contributed by atoms with Crippen molar-refractivity contribution in [3.63, 3.8) is 0 Å². The summed E-state index contributed by atoms with van der Waals surface area (Å²) < 4.78 is 10.6. The average Bonchev–Trinajstić information content (AvgIpc) is 1.80. The third kappa shape index (κ3) is 8.37. The quantitative estimate of drug-likeness (QED) is 0.563. The van der Waals surface area contributed by atoms with Gasteiger partial charge in [-0.25, -0.2) is 0 Å². The van der Waals surface area contributed by atoms with Gasteiger partial charge in [0.05, 0.1) is 0 Å². The van der Waals surface area contributed by atoms with Crippen LogP contribution in [0.3, 0.4) is 0 Å². The molecule has 0 aromatic carbocycles. The van der Waals surface area contributed by atoms with Gasteiger partial charge >= 0.3 is 67.7 Å². The van der Waals surface area contributed by atoms with Crippen LogP contribution in [-0.4, -0.2) is 19.7 Å². The average molecular weight is 319 g/mol. The summed E-state index contributed by atoms with van der Waals surface area (Å²) in [6.07, 6.45) is 0. The zero-order valence-electron chi connectivity index (χ0n) is 5.85. The number of methoxy groups -OCH3 is 1. The Labute approximate surface area is 67.8 Å². The molecule has 0 aliphatic rings. The Morgan fingerprint density at radius 3 is 2.78 bits per heavy atom. The number of hydrogen-bond donors (Lipinski definition) is 0. The second-order valence-corrected chi connectivity index (χ2v) is 7.14. The predicted molar refractivity (Wildman–Crippen MR) is 28.4 cm³/mol. The summed E-state index contributed by atoms with van der Waals surface area (Å²) in [5, 5.41) is 0. The van der Waals surface area contributed by atoms with Crippen LogP contribution in [0, 0.1) is 0 Å². The van der Waals surface area contributed by atoms with Crippen molar-refractivity contribution in [3.8, 4) is 0 Å². The second kappa shape index (κ2) is 6.48. The molecule has 0 amide bonds. The molecule has 4 heteroatoms. The van der Waals surface area contributed by atoms with Gasteiger partial charge in [0.2, 0.25) is 0 Å². The zero-order chi connectivity index (χ0) is 7.11. The van der Waals surface area contributed by atoms with E-state index in [-0.39, 0.29) is 5.97 Å². The van der Waals surface area contributed by atoms with Gasteiger partial charge in [0.25, 0.3) is 0 Å². The Morgan fingerprint density at radius 2 is 2.33 bits per heavy atom. The molecule has 0 aromatic rings. The topological polar surface area (TPSA) is 35.5 Å². The number of carbonyl (C=O) groups is 1. The minimum absolute atomic E-state index is 0.132. The summed E-state index contributed by atoms with van der Waals surface area (Å²) >= 11 is -1.27. The van der Waals surface area contributed by atoms with Crippen LogP contribution in [-0.2, 0) is 37.2 Å². The molecule has 0 radical (unpaired) electrons. The Hall–Kier alpha value is 0.365. The molecule has 0 saturated heterocycles. The van der Waals surface area contributed by atoms with Crippen LogP contribution >= 0.6 is 0 Å². The van der Waals surface area contributed by atoms with E-state index >= 15 is 0 Å². The first-order valence-electron chi connectivity index (χ1n) is 2.89. The monoisotopic (exact) mass is 320 g/mol. The van der Waals surface area contributed by atoms with Gasteiger partial charge in [-0.05, 0) is 0 Å². The first-order chi connectivity index (χ1) is 4.27. The first kappa shape index (κ1) is 9.37. The van der Waals surface area contributed by atoms with Crippen LogP contribution < -0.4 is 0 Å². The minimum atomic E-state index is -1.27. The zero-order valence-corrected chi connectivity index (χ0v) is 11.3. The molecule has 0 unspecified atom stereocenters. The van der Waals surface area contributed by atoms with Crippen molar-refractivity contribution < 1.29 is 37.2 Å². The Kier molecular flexibility index (Phi) is 6.75. The molecule has 50 valence electrons. The predicted octanol–water partition coefficient (Wildman–Crippen LogP) is 0.612. The van der Waals surface area contributed by atoms with Crippen molar-refractivity contribution in [2.24, 2.45) is 0 Å². The molecule has 0 bridgehead atoms. The Morgan fingerprint density at radius 1 is 1.67 bits per heavy atom. The van der Waals surface area contributed by atoms with E-state index in [2.05, 4.69) is 0 Å². The van der Waals surface area contributed by atoms with Gasteiger partial charge in [-0.15, -0.1) is 0 Å². The summed E-state index contributed by atoms with van der Waals surface area (Å²) in [5.74, 6) is -0.132. The summed E-state index contributed by atoms with van der Waals surface area (Å²) in [5.41, 5.74) is 0. The third-order valence-electron chi connectivity index (χ3n) is 0.798. The number of hydrogen-bond acceptors (Lipinski definition) is 3. The molecule has 0 rings (SSSR count). The SMILES string of the molecule is COC[CH2][Hg][O]C(C)=O. The summed E-state index contributed by atoms with van der Waals surface area (Å²) in [4.78, 5) is 10.2. The molecular weight excluding hydrogens is 309 g/mol. The van der Waals surface area contributed by atoms with E-state index < -0.39 is 25.0 Å². The van der Waals surface area contributed by atoms with Crippen LogP contribution in [0.5, 0.6) is 0 Å². The fraction of sp³-hybridized carbons (Fsp3) is 0.800. The third-order valence-corrected chi connectivity index (χ3v) is 5.42. The number of ether oxygens (including phenoxy) is 1. The first-order valence-corrected chi connectivity index (χ1v) is 9.03. The maximum absolute atomic E-state index is 10.2. The van der Waals surface area contributed by atoms with Crippen molar-refractivity contribution in [1.82, 2.24) is 0 Å². The van der Waals surface area contributed by atoms with Gasteiger partial charge < -0.3 is 0 Å². The molecule has 0 spiro atoms. The molecule has 3 nitrogen and oxygen atoms in total. The van der Waals surface area contributed by atoms with Crippen LogP contribution in [0.15, 0.2) is 0 Å². The normalized spacial score (nSPS) is 8.22. The summed E-state index contributed by atoms with van der Waals surface area (Å²) in [7, 11) is 1.65. The van der Waals surface area contributed by atoms with Gasteiger partial charge in [0, 0.05) is 0 Å². The van der Waals surface area contributed by atoms with E-state index in [0.29, 0.717) is 0 Å². The second-order valence-electron chi connectivity index (χ2n) is 1.69. The van der Waals surface area contributed by atoms with E-state index in [1.807, 2.05) is 0 Å². The fourth-order valence-corrected chi connectivity index (χ4v) is 3.68. The van der Waals surface area contributed by atoms with E-state index in [9.17, 15) is 4.79 Å². The molecule has 0 atom stereocenters. The molecular formula is C5H10HgO3. The Bertz CT molecular complexity index is 84.3. The van der Waals surface area contributed by atoms with Crippen molar-refractivity contribution >= 4 is 5.97 Å². The molecule has 0 fully saturated rings. The van der Waals surface area contributed by atoms with Gasteiger partial charge in [-0.2, -0.15) is 0 Å². The van der Waals surface area contributed by atoms with Crippen LogP contribution in [0.2, 0.25) is 3.93 Å². The Balaban J connectivity index is 2.83. The molecule has 0 aliphatic carbocycles. The van der Waals surface area contributed by atoms with Crippen molar-refractivity contribution in [2.45, 2.75) is 10.9 Å². The molecule has 0 N–H and O–H groups in total. The standard InChI is InChI=1S/C3H7O.C2H4O2.Hg/c1-3-4-2;1-2(3)4;/h1,3H2,2H3;1H3,(H,3,4);/q;;+1/p-1. The molecule has 0 aliphatic heterocycles. The maximum atomic E-state index is 10.2. The van der Waals surface area contributed by atoms with E-state index in [1.54, 1.807) is 7.11 Å². The summed E-state index contributed by atoms with van der Waals surface area (Å²) in [6.45, 7) is 2.20. The van der Waals surface area contributed by atoms with Gasteiger partial charge in [0.1, 0.15) is 0 Å². The van der Waals surface area contributed by atoms with Crippen LogP contribution in [0.1, 0.15) is 6.92 Å². The molecule has 0 saturated carbocycles. The van der Waals surface area contributed by atoms with Gasteiger partial charge in [-0.1, -0.05) is 0 Å². The van der Waals surface area contributed by atoms with Gasteiger partial charge in [0.15, 0.2) is 0 Å². The van der Waals surface area contributed by atoms with E-state index in [1.165, 1.54) is 6.92 Å². The molecule has 0 heterocycles. The summed E-state index contributed by atoms with van der Waals surface area (Å²) in [6, 6.07) is 0. The van der Waals surface area contributed by atoms with Crippen LogP contribution in [0.4, 0.5) is 0 Å². The van der Waals surface area contributed by atoms with E-state index in [4.69, 9.17) is 7.38 Å². The molecule has 9 heavy (non-hydrogen) atoms. The number of rotatable bonds is 4. The van der Waals surface area contributed by atoms with Crippen molar-refractivity contribution in [1.29, 1.82) is 0 Å². The van der Waals surface area contributed by atoms with Gasteiger partial charge in [-0.3, -0.25) is 0 Å². The van der Waals surface area contributed by atoms with E-state index in [0.717, 1.165) is 10.5 Å². The van der Waals surface area contributed by atoms with Crippen molar-refractivity contribution in [2.75, 3.05) is 13.7 Å².